The first-order valence-corrected chi connectivity index (χ1v) is 3.52. The number of primary amides is 1. The van der Waals surface area contributed by atoms with Crippen LogP contribution in [0.15, 0.2) is 0 Å². The molecule has 3 N–H and O–H groups in total. The molecule has 1 aliphatic heterocycles. The van der Waals surface area contributed by atoms with E-state index in [0.717, 1.165) is 0 Å². The molecule has 1 saturated heterocycles. The number of nitrogens with one attached hydrogen (secondary N) is 1. The quantitative estimate of drug-likeness (QED) is 0.600. The number of rotatable bonds is 1. The molecule has 0 bridgehead atoms. The zero-order valence-corrected chi connectivity index (χ0v) is 6.19. The molecule has 1 heterocycles. The highest BCUT2D eigenvalue weighted by Crippen LogP contribution is 2.33. The zero-order chi connectivity index (χ0) is 9.35. The number of alkyl halides is 3. The van der Waals surface area contributed by atoms with Gasteiger partial charge in [0.05, 0.1) is 12.0 Å². The summed E-state index contributed by atoms with van der Waals surface area (Å²) < 4.78 is 36.4. The van der Waals surface area contributed by atoms with E-state index in [9.17, 15) is 18.0 Å². The molecule has 0 aliphatic carbocycles. The van der Waals surface area contributed by atoms with E-state index in [1.807, 2.05) is 0 Å². The van der Waals surface area contributed by atoms with Crippen LogP contribution in [0.25, 0.3) is 0 Å². The summed E-state index contributed by atoms with van der Waals surface area (Å²) >= 11 is 0. The van der Waals surface area contributed by atoms with Gasteiger partial charge in [0.15, 0.2) is 0 Å². The molecule has 0 radical (unpaired) electrons. The van der Waals surface area contributed by atoms with Gasteiger partial charge >= 0.3 is 6.18 Å². The second-order valence-electron chi connectivity index (χ2n) is 2.77. The molecular weight excluding hydrogens is 173 g/mol. The molecule has 1 fully saturated rings. The predicted molar refractivity (Wildman–Crippen MR) is 35.1 cm³/mol. The summed E-state index contributed by atoms with van der Waals surface area (Å²) in [5, 5.41) is 2.42. The minimum atomic E-state index is -4.33. The van der Waals surface area contributed by atoms with Gasteiger partial charge in [-0.1, -0.05) is 0 Å². The first kappa shape index (κ1) is 9.31. The summed E-state index contributed by atoms with van der Waals surface area (Å²) in [6.45, 7) is 0.192. The highest BCUT2D eigenvalue weighted by molar-refractivity contribution is 5.80. The summed E-state index contributed by atoms with van der Waals surface area (Å²) in [6, 6.07) is -1.25. The summed E-state index contributed by atoms with van der Waals surface area (Å²) in [7, 11) is 0. The molecule has 6 heteroatoms. The van der Waals surface area contributed by atoms with Crippen LogP contribution in [0.4, 0.5) is 13.2 Å². The molecule has 0 saturated carbocycles. The minimum Gasteiger partial charge on any atom is -0.368 e. The van der Waals surface area contributed by atoms with Crippen molar-refractivity contribution in [2.24, 2.45) is 11.7 Å². The zero-order valence-electron chi connectivity index (χ0n) is 6.19. The molecule has 2 atom stereocenters. The number of halogens is 3. The summed E-state index contributed by atoms with van der Waals surface area (Å²) in [6.07, 6.45) is -4.40. The highest BCUT2D eigenvalue weighted by Gasteiger charge is 2.49. The Balaban J connectivity index is 2.71. The third kappa shape index (κ3) is 1.69. The average molecular weight is 182 g/mol. The fourth-order valence-corrected chi connectivity index (χ4v) is 1.35. The first-order chi connectivity index (χ1) is 5.43. The Morgan fingerprint density at radius 2 is 2.08 bits per heavy atom. The van der Waals surface area contributed by atoms with Crippen LogP contribution in [0.3, 0.4) is 0 Å². The molecular formula is C6H9F3N2O. The topological polar surface area (TPSA) is 55.1 Å². The second kappa shape index (κ2) is 2.93. The smallest absolute Gasteiger partial charge is 0.368 e. The normalized spacial score (nSPS) is 30.6. The van der Waals surface area contributed by atoms with Crippen molar-refractivity contribution in [1.82, 2.24) is 5.32 Å². The van der Waals surface area contributed by atoms with E-state index in [0.29, 0.717) is 0 Å². The molecule has 0 aromatic rings. The van der Waals surface area contributed by atoms with Gasteiger partial charge in [-0.3, -0.25) is 4.79 Å². The van der Waals surface area contributed by atoms with E-state index in [4.69, 9.17) is 5.73 Å². The molecule has 2 unspecified atom stereocenters. The van der Waals surface area contributed by atoms with E-state index >= 15 is 0 Å². The highest BCUT2D eigenvalue weighted by atomic mass is 19.4. The second-order valence-corrected chi connectivity index (χ2v) is 2.77. The molecule has 1 rings (SSSR count). The van der Waals surface area contributed by atoms with Gasteiger partial charge in [-0.15, -0.1) is 0 Å². The number of carbonyl (C=O) groups is 1. The number of carbonyl (C=O) groups excluding carboxylic acids is 1. The van der Waals surface area contributed by atoms with Crippen LogP contribution in [-0.4, -0.2) is 24.7 Å². The summed E-state index contributed by atoms with van der Waals surface area (Å²) in [5.41, 5.74) is 4.78. The molecule has 0 spiro atoms. The lowest BCUT2D eigenvalue weighted by Gasteiger charge is -2.18. The number of nitrogens with two attached hydrogens (primary N) is 1. The lowest BCUT2D eigenvalue weighted by Crippen LogP contribution is -2.45. The maximum atomic E-state index is 12.1. The van der Waals surface area contributed by atoms with Gasteiger partial charge < -0.3 is 11.1 Å². The molecule has 3 nitrogen and oxygen atoms in total. The van der Waals surface area contributed by atoms with Crippen LogP contribution >= 0.6 is 0 Å². The van der Waals surface area contributed by atoms with Gasteiger partial charge in [0, 0.05) is 0 Å². The Kier molecular flexibility index (Phi) is 2.27. The Labute approximate surface area is 67.1 Å². The van der Waals surface area contributed by atoms with E-state index < -0.39 is 24.0 Å². The molecule has 12 heavy (non-hydrogen) atoms. The third-order valence-corrected chi connectivity index (χ3v) is 1.95. The van der Waals surface area contributed by atoms with Gasteiger partial charge in [0.25, 0.3) is 0 Å². The Hall–Kier alpha value is -0.780. The summed E-state index contributed by atoms with van der Waals surface area (Å²) in [5.74, 6) is -2.55. The van der Waals surface area contributed by atoms with Gasteiger partial charge in [0.1, 0.15) is 0 Å². The van der Waals surface area contributed by atoms with Crippen molar-refractivity contribution in [3.05, 3.63) is 0 Å². The summed E-state index contributed by atoms with van der Waals surface area (Å²) in [4.78, 5) is 10.5. The van der Waals surface area contributed by atoms with Crippen molar-refractivity contribution in [1.29, 1.82) is 0 Å². The van der Waals surface area contributed by atoms with Crippen molar-refractivity contribution in [3.8, 4) is 0 Å². The molecule has 0 aromatic carbocycles. The van der Waals surface area contributed by atoms with E-state index in [1.165, 1.54) is 0 Å². The van der Waals surface area contributed by atoms with Crippen molar-refractivity contribution in [2.45, 2.75) is 18.6 Å². The van der Waals surface area contributed by atoms with Crippen LogP contribution in [0.1, 0.15) is 6.42 Å². The lowest BCUT2D eigenvalue weighted by atomic mass is 10.00. The third-order valence-electron chi connectivity index (χ3n) is 1.95. The van der Waals surface area contributed by atoms with Crippen LogP contribution in [0.2, 0.25) is 0 Å². The first-order valence-electron chi connectivity index (χ1n) is 3.52. The van der Waals surface area contributed by atoms with Crippen molar-refractivity contribution in [3.63, 3.8) is 0 Å². The van der Waals surface area contributed by atoms with Crippen molar-refractivity contribution in [2.75, 3.05) is 6.54 Å². The SMILES string of the molecule is NC(=O)C1NCCC1C(F)(F)F. The van der Waals surface area contributed by atoms with Crippen molar-refractivity contribution >= 4 is 5.91 Å². The van der Waals surface area contributed by atoms with Gasteiger partial charge in [-0.2, -0.15) is 13.2 Å². The Morgan fingerprint density at radius 3 is 2.42 bits per heavy atom. The van der Waals surface area contributed by atoms with Gasteiger partial charge in [-0.05, 0) is 13.0 Å². The lowest BCUT2D eigenvalue weighted by molar-refractivity contribution is -0.178. The van der Waals surface area contributed by atoms with Crippen LogP contribution in [-0.2, 0) is 4.79 Å². The van der Waals surface area contributed by atoms with Gasteiger partial charge in [0.2, 0.25) is 5.91 Å². The van der Waals surface area contributed by atoms with Crippen LogP contribution in [0.5, 0.6) is 0 Å². The van der Waals surface area contributed by atoms with Crippen LogP contribution < -0.4 is 11.1 Å². The van der Waals surface area contributed by atoms with Crippen molar-refractivity contribution < 1.29 is 18.0 Å². The Bertz CT molecular complexity index is 192. The molecule has 0 aromatic heterocycles. The fourth-order valence-electron chi connectivity index (χ4n) is 1.35. The van der Waals surface area contributed by atoms with E-state index in [-0.39, 0.29) is 13.0 Å². The van der Waals surface area contributed by atoms with E-state index in [1.54, 1.807) is 0 Å². The largest absolute Gasteiger partial charge is 0.393 e. The van der Waals surface area contributed by atoms with Crippen LogP contribution in [0, 0.1) is 5.92 Å². The molecule has 1 aliphatic rings. The molecule has 1 amide bonds. The predicted octanol–water partition coefficient (Wildman–Crippen LogP) is 0.0121. The number of hydrogen-bond donors (Lipinski definition) is 2. The fraction of sp³-hybridized carbons (Fsp3) is 0.833. The number of hydrogen-bond acceptors (Lipinski definition) is 2. The average Bonchev–Trinajstić information content (AvgIpc) is 2.30. The molecule has 70 valence electrons. The minimum absolute atomic E-state index is 0.0723. The Morgan fingerprint density at radius 1 is 1.50 bits per heavy atom. The maximum Gasteiger partial charge on any atom is 0.393 e. The standard InChI is InChI=1S/C6H9F3N2O/c7-6(8,9)3-1-2-11-4(3)5(10)12/h3-4,11H,1-2H2,(H2,10,12). The van der Waals surface area contributed by atoms with E-state index in [2.05, 4.69) is 5.32 Å². The number of amides is 1. The maximum absolute atomic E-state index is 12.1. The van der Waals surface area contributed by atoms with Gasteiger partial charge in [-0.25, -0.2) is 0 Å². The monoisotopic (exact) mass is 182 g/mol.